The summed E-state index contributed by atoms with van der Waals surface area (Å²) in [5, 5.41) is 9.65. The summed E-state index contributed by atoms with van der Waals surface area (Å²) >= 11 is 0. The van der Waals surface area contributed by atoms with Crippen molar-refractivity contribution in [2.75, 3.05) is 14.2 Å². The van der Waals surface area contributed by atoms with Gasteiger partial charge < -0.3 is 19.0 Å². The molecule has 0 aliphatic carbocycles. The van der Waals surface area contributed by atoms with Crippen LogP contribution in [0.3, 0.4) is 0 Å². The molecule has 1 aromatic heterocycles. The summed E-state index contributed by atoms with van der Waals surface area (Å²) in [5.74, 6) is -0.376. The summed E-state index contributed by atoms with van der Waals surface area (Å²) in [5.41, 5.74) is 0. The van der Waals surface area contributed by atoms with E-state index in [1.807, 2.05) is 0 Å². The topological polar surface area (TPSA) is 68.9 Å². The lowest BCUT2D eigenvalue weighted by atomic mass is 10.1. The molecule has 0 aromatic carbocycles. The van der Waals surface area contributed by atoms with Gasteiger partial charge in [-0.05, 0) is 12.1 Å². The first-order chi connectivity index (χ1) is 6.70. The number of aliphatic hydroxyl groups excluding tert-OH is 1. The predicted octanol–water partition coefficient (Wildman–Crippen LogP) is 0.501. The maximum atomic E-state index is 11.1. The molecule has 1 N–H and O–H groups in total. The lowest BCUT2D eigenvalue weighted by Crippen LogP contribution is -2.30. The predicted molar refractivity (Wildman–Crippen MR) is 46.5 cm³/mol. The van der Waals surface area contributed by atoms with E-state index in [1.54, 1.807) is 12.1 Å². The van der Waals surface area contributed by atoms with Crippen molar-refractivity contribution in [2.24, 2.45) is 0 Å². The minimum absolute atomic E-state index is 0.266. The minimum Gasteiger partial charge on any atom is -0.467 e. The molecule has 1 aromatic rings. The van der Waals surface area contributed by atoms with Crippen molar-refractivity contribution in [2.45, 2.75) is 12.2 Å². The molecule has 0 spiro atoms. The van der Waals surface area contributed by atoms with Crippen molar-refractivity contribution in [3.8, 4) is 0 Å². The fourth-order valence-corrected chi connectivity index (χ4v) is 1.08. The summed E-state index contributed by atoms with van der Waals surface area (Å²) < 4.78 is 14.2. The van der Waals surface area contributed by atoms with Crippen LogP contribution in [0, 0.1) is 0 Å². The van der Waals surface area contributed by atoms with Crippen LogP contribution in [0.5, 0.6) is 0 Å². The molecule has 0 fully saturated rings. The summed E-state index contributed by atoms with van der Waals surface area (Å²) in [4.78, 5) is 11.1. The number of carbonyl (C=O) groups is 1. The highest BCUT2D eigenvalue weighted by atomic mass is 16.6. The molecule has 0 unspecified atom stereocenters. The number of rotatable bonds is 4. The van der Waals surface area contributed by atoms with Gasteiger partial charge in [-0.1, -0.05) is 0 Å². The molecule has 0 aliphatic heterocycles. The Kier molecular flexibility index (Phi) is 3.67. The van der Waals surface area contributed by atoms with Crippen LogP contribution in [0.2, 0.25) is 0 Å². The van der Waals surface area contributed by atoms with Crippen LogP contribution in [0.1, 0.15) is 11.9 Å². The maximum Gasteiger partial charge on any atom is 0.338 e. The van der Waals surface area contributed by atoms with Crippen LogP contribution >= 0.6 is 0 Å². The molecule has 0 amide bonds. The second-order valence-corrected chi connectivity index (χ2v) is 2.64. The number of aliphatic hydroxyl groups is 1. The molecule has 5 nitrogen and oxygen atoms in total. The van der Waals surface area contributed by atoms with Gasteiger partial charge in [0.2, 0.25) is 0 Å². The van der Waals surface area contributed by atoms with Crippen LogP contribution < -0.4 is 0 Å². The number of ether oxygens (including phenoxy) is 2. The van der Waals surface area contributed by atoms with Crippen molar-refractivity contribution in [3.63, 3.8) is 0 Å². The van der Waals surface area contributed by atoms with E-state index in [0.29, 0.717) is 0 Å². The Bertz CT molecular complexity index is 279. The Labute approximate surface area is 81.2 Å². The molecule has 0 bridgehead atoms. The van der Waals surface area contributed by atoms with Crippen molar-refractivity contribution in [1.29, 1.82) is 0 Å². The third-order valence-corrected chi connectivity index (χ3v) is 1.81. The summed E-state index contributed by atoms with van der Waals surface area (Å²) in [7, 11) is 2.54. The molecule has 1 heterocycles. The van der Waals surface area contributed by atoms with Crippen molar-refractivity contribution < 1.29 is 23.8 Å². The average Bonchev–Trinajstić information content (AvgIpc) is 2.71. The zero-order valence-electron chi connectivity index (χ0n) is 7.97. The average molecular weight is 200 g/mol. The SMILES string of the molecule is COC(=O)[C@@H](OC)[C@@H](O)c1ccco1. The van der Waals surface area contributed by atoms with Gasteiger partial charge in [-0.3, -0.25) is 0 Å². The molecule has 2 atom stereocenters. The van der Waals surface area contributed by atoms with Crippen molar-refractivity contribution >= 4 is 5.97 Å². The third kappa shape index (κ3) is 2.12. The summed E-state index contributed by atoms with van der Waals surface area (Å²) in [6.45, 7) is 0. The summed E-state index contributed by atoms with van der Waals surface area (Å²) in [6, 6.07) is 3.17. The molecule has 0 radical (unpaired) electrons. The van der Waals surface area contributed by atoms with Gasteiger partial charge in [0, 0.05) is 7.11 Å². The summed E-state index contributed by atoms with van der Waals surface area (Å²) in [6.07, 6.45) is -0.809. The van der Waals surface area contributed by atoms with Gasteiger partial charge in [0.15, 0.2) is 6.10 Å². The second kappa shape index (κ2) is 4.78. The fraction of sp³-hybridized carbons (Fsp3) is 0.444. The van der Waals surface area contributed by atoms with Gasteiger partial charge in [0.05, 0.1) is 13.4 Å². The zero-order valence-corrected chi connectivity index (χ0v) is 7.97. The van der Waals surface area contributed by atoms with E-state index >= 15 is 0 Å². The quantitative estimate of drug-likeness (QED) is 0.717. The Morgan fingerprint density at radius 3 is 2.71 bits per heavy atom. The van der Waals surface area contributed by atoms with E-state index < -0.39 is 18.2 Å². The lowest BCUT2D eigenvalue weighted by molar-refractivity contribution is -0.160. The Hall–Kier alpha value is -1.33. The first-order valence-electron chi connectivity index (χ1n) is 4.02. The monoisotopic (exact) mass is 200 g/mol. The number of methoxy groups -OCH3 is 2. The maximum absolute atomic E-state index is 11.1. The zero-order chi connectivity index (χ0) is 10.6. The number of esters is 1. The lowest BCUT2D eigenvalue weighted by Gasteiger charge is -2.16. The molecule has 0 aliphatic rings. The molecule has 14 heavy (non-hydrogen) atoms. The number of hydrogen-bond acceptors (Lipinski definition) is 5. The molecule has 1 rings (SSSR count). The molecular weight excluding hydrogens is 188 g/mol. The standard InChI is InChI=1S/C9H12O5/c1-12-8(9(11)13-2)7(10)6-4-3-5-14-6/h3-5,7-8,10H,1-2H3/t7-,8-/m0/s1. The Balaban J connectivity index is 2.75. The van der Waals surface area contributed by atoms with E-state index in [9.17, 15) is 9.90 Å². The minimum atomic E-state index is -1.15. The Morgan fingerprint density at radius 1 is 1.57 bits per heavy atom. The highest BCUT2D eigenvalue weighted by Crippen LogP contribution is 2.19. The van der Waals surface area contributed by atoms with Gasteiger partial charge >= 0.3 is 5.97 Å². The van der Waals surface area contributed by atoms with Crippen LogP contribution in [-0.4, -0.2) is 31.4 Å². The van der Waals surface area contributed by atoms with Crippen molar-refractivity contribution in [3.05, 3.63) is 24.2 Å². The largest absolute Gasteiger partial charge is 0.467 e. The third-order valence-electron chi connectivity index (χ3n) is 1.81. The number of carbonyl (C=O) groups excluding carboxylic acids is 1. The molecule has 0 saturated carbocycles. The van der Waals surface area contributed by atoms with E-state index in [4.69, 9.17) is 9.15 Å². The fourth-order valence-electron chi connectivity index (χ4n) is 1.08. The first-order valence-corrected chi connectivity index (χ1v) is 4.02. The number of furan rings is 1. The van der Waals surface area contributed by atoms with Gasteiger partial charge in [0.1, 0.15) is 11.9 Å². The van der Waals surface area contributed by atoms with E-state index in [2.05, 4.69) is 4.74 Å². The van der Waals surface area contributed by atoms with Crippen molar-refractivity contribution in [1.82, 2.24) is 0 Å². The molecule has 5 heteroatoms. The normalized spacial score (nSPS) is 14.8. The van der Waals surface area contributed by atoms with E-state index in [1.165, 1.54) is 20.5 Å². The van der Waals surface area contributed by atoms with Crippen LogP contribution in [0.15, 0.2) is 22.8 Å². The smallest absolute Gasteiger partial charge is 0.338 e. The van der Waals surface area contributed by atoms with Crippen LogP contribution in [0.25, 0.3) is 0 Å². The highest BCUT2D eigenvalue weighted by molar-refractivity contribution is 5.75. The highest BCUT2D eigenvalue weighted by Gasteiger charge is 2.30. The van der Waals surface area contributed by atoms with Crippen LogP contribution in [-0.2, 0) is 14.3 Å². The van der Waals surface area contributed by atoms with Gasteiger partial charge in [-0.2, -0.15) is 0 Å². The second-order valence-electron chi connectivity index (χ2n) is 2.64. The van der Waals surface area contributed by atoms with E-state index in [0.717, 1.165) is 0 Å². The number of hydrogen-bond donors (Lipinski definition) is 1. The van der Waals surface area contributed by atoms with Crippen LogP contribution in [0.4, 0.5) is 0 Å². The Morgan fingerprint density at radius 2 is 2.29 bits per heavy atom. The molecule has 0 saturated heterocycles. The van der Waals surface area contributed by atoms with Gasteiger partial charge in [-0.15, -0.1) is 0 Å². The van der Waals surface area contributed by atoms with E-state index in [-0.39, 0.29) is 5.76 Å². The molecular formula is C9H12O5. The van der Waals surface area contributed by atoms with Gasteiger partial charge in [0.25, 0.3) is 0 Å². The first kappa shape index (κ1) is 10.7. The van der Waals surface area contributed by atoms with Gasteiger partial charge in [-0.25, -0.2) is 4.79 Å². The molecule has 78 valence electrons.